The topological polar surface area (TPSA) is 6.48 Å². The number of benzene rings is 1. The number of hydrogen-bond acceptors (Lipinski definition) is 3. The number of fused-ring (bicyclic) bond motifs is 4. The average Bonchev–Trinajstić information content (AvgIpc) is 2.64. The van der Waals surface area contributed by atoms with Gasteiger partial charge >= 0.3 is 0 Å². The zero-order chi connectivity index (χ0) is 16.5. The molecule has 24 heavy (non-hydrogen) atoms. The van der Waals surface area contributed by atoms with Crippen molar-refractivity contribution in [1.82, 2.24) is 4.90 Å². The van der Waals surface area contributed by atoms with E-state index < -0.39 is 0 Å². The van der Waals surface area contributed by atoms with Crippen LogP contribution in [0.5, 0.6) is 0 Å². The maximum atomic E-state index is 2.68. The Hall–Kier alpha value is -1.19. The van der Waals surface area contributed by atoms with Crippen LogP contribution in [-0.2, 0) is 0 Å². The molecule has 1 aromatic carbocycles. The van der Waals surface area contributed by atoms with Gasteiger partial charge in [-0.2, -0.15) is 0 Å². The first-order chi connectivity index (χ1) is 11.8. The normalized spacial score (nSPS) is 29.4. The molecular weight excluding hydrogens is 312 g/mol. The van der Waals surface area contributed by atoms with Gasteiger partial charge in [-0.3, -0.25) is 0 Å². The van der Waals surface area contributed by atoms with Crippen molar-refractivity contribution in [3.8, 4) is 0 Å². The Labute approximate surface area is 150 Å². The zero-order valence-electron chi connectivity index (χ0n) is 14.9. The first-order valence-electron chi connectivity index (χ1n) is 9.42. The molecule has 3 heteroatoms. The first kappa shape index (κ1) is 16.3. The summed E-state index contributed by atoms with van der Waals surface area (Å²) in [5.74, 6) is 1.73. The summed E-state index contributed by atoms with van der Waals surface area (Å²) in [5, 5.41) is 0. The van der Waals surface area contributed by atoms with Crippen molar-refractivity contribution in [1.29, 1.82) is 0 Å². The third-order valence-corrected chi connectivity index (χ3v) is 7.13. The van der Waals surface area contributed by atoms with Crippen LogP contribution in [0.25, 0.3) is 0 Å². The van der Waals surface area contributed by atoms with Gasteiger partial charge in [-0.05, 0) is 69.3 Å². The monoisotopic (exact) mass is 340 g/mol. The third-order valence-electron chi connectivity index (χ3n) is 5.82. The number of anilines is 1. The molecule has 0 saturated carbocycles. The first-order valence-corrected chi connectivity index (χ1v) is 10.2. The quantitative estimate of drug-likeness (QED) is 0.749. The summed E-state index contributed by atoms with van der Waals surface area (Å²) in [6.07, 6.45) is 8.43. The number of hydrogen-bond donors (Lipinski definition) is 0. The van der Waals surface area contributed by atoms with Gasteiger partial charge in [0.2, 0.25) is 0 Å². The highest BCUT2D eigenvalue weighted by Crippen LogP contribution is 2.46. The number of para-hydroxylation sites is 1. The van der Waals surface area contributed by atoms with Crippen molar-refractivity contribution < 1.29 is 0 Å². The summed E-state index contributed by atoms with van der Waals surface area (Å²) in [7, 11) is 0. The van der Waals surface area contributed by atoms with Gasteiger partial charge in [0.1, 0.15) is 0 Å². The van der Waals surface area contributed by atoms with Crippen molar-refractivity contribution in [2.75, 3.05) is 31.1 Å². The van der Waals surface area contributed by atoms with Crippen LogP contribution >= 0.6 is 11.8 Å². The maximum Gasteiger partial charge on any atom is 0.0552 e. The number of piperidine rings is 3. The van der Waals surface area contributed by atoms with E-state index in [1.54, 1.807) is 0 Å². The van der Waals surface area contributed by atoms with Gasteiger partial charge in [0.05, 0.1) is 11.4 Å². The molecule has 128 valence electrons. The van der Waals surface area contributed by atoms with E-state index in [-0.39, 0.29) is 0 Å². The van der Waals surface area contributed by atoms with Crippen molar-refractivity contribution in [2.45, 2.75) is 38.0 Å². The van der Waals surface area contributed by atoms with Crippen LogP contribution < -0.4 is 4.90 Å². The minimum atomic E-state index is 0.807. The molecule has 0 spiro atoms. The van der Waals surface area contributed by atoms with E-state index >= 15 is 0 Å². The minimum absolute atomic E-state index is 0.807. The largest absolute Gasteiger partial charge is 0.340 e. The number of rotatable bonds is 4. The molecule has 4 aliphatic heterocycles. The van der Waals surface area contributed by atoms with Gasteiger partial charge in [-0.1, -0.05) is 36.9 Å². The van der Waals surface area contributed by atoms with Crippen LogP contribution in [0.1, 0.15) is 33.1 Å². The minimum Gasteiger partial charge on any atom is -0.340 e. The van der Waals surface area contributed by atoms with Crippen molar-refractivity contribution in [3.05, 3.63) is 47.0 Å². The van der Waals surface area contributed by atoms with Crippen LogP contribution in [0, 0.1) is 11.8 Å². The molecule has 2 bridgehead atoms. The molecule has 3 saturated heterocycles. The Balaban J connectivity index is 1.68. The molecule has 4 aliphatic rings. The second kappa shape index (κ2) is 6.97. The Morgan fingerprint density at radius 1 is 1.21 bits per heavy atom. The third kappa shape index (κ3) is 2.93. The lowest BCUT2D eigenvalue weighted by Gasteiger charge is -2.47. The molecule has 1 unspecified atom stereocenters. The maximum absolute atomic E-state index is 2.68. The van der Waals surface area contributed by atoms with E-state index in [1.807, 2.05) is 11.8 Å². The van der Waals surface area contributed by atoms with Crippen LogP contribution in [-0.4, -0.2) is 31.1 Å². The number of thioether (sulfide) groups is 1. The van der Waals surface area contributed by atoms with Crippen LogP contribution in [0.2, 0.25) is 0 Å². The highest BCUT2D eigenvalue weighted by atomic mass is 32.2. The Morgan fingerprint density at radius 3 is 2.67 bits per heavy atom. The lowest BCUT2D eigenvalue weighted by molar-refractivity contribution is 0.0550. The van der Waals surface area contributed by atoms with Gasteiger partial charge in [0, 0.05) is 22.9 Å². The van der Waals surface area contributed by atoms with E-state index in [1.165, 1.54) is 60.2 Å². The summed E-state index contributed by atoms with van der Waals surface area (Å²) in [6.45, 7) is 9.53. The molecule has 3 fully saturated rings. The molecule has 0 aliphatic carbocycles. The average molecular weight is 341 g/mol. The summed E-state index contributed by atoms with van der Waals surface area (Å²) in [6, 6.07) is 8.95. The lowest BCUT2D eigenvalue weighted by atomic mass is 9.78. The van der Waals surface area contributed by atoms with Crippen LogP contribution in [0.4, 0.5) is 5.69 Å². The van der Waals surface area contributed by atoms with Crippen molar-refractivity contribution in [2.24, 2.45) is 11.8 Å². The number of allylic oxidation sites excluding steroid dienone is 3. The van der Waals surface area contributed by atoms with E-state index in [2.05, 4.69) is 60.1 Å². The highest BCUT2D eigenvalue weighted by Gasteiger charge is 2.36. The van der Waals surface area contributed by atoms with Gasteiger partial charge in [0.25, 0.3) is 0 Å². The second-order valence-corrected chi connectivity index (χ2v) is 8.38. The second-order valence-electron chi connectivity index (χ2n) is 7.24. The number of nitrogens with zero attached hydrogens (tertiary/aromatic N) is 2. The van der Waals surface area contributed by atoms with E-state index in [9.17, 15) is 0 Å². The Morgan fingerprint density at radius 2 is 2.00 bits per heavy atom. The Bertz CT molecular complexity index is 656. The fourth-order valence-electron chi connectivity index (χ4n) is 4.55. The summed E-state index contributed by atoms with van der Waals surface area (Å²) < 4.78 is 0. The molecule has 2 nitrogen and oxygen atoms in total. The van der Waals surface area contributed by atoms with E-state index in [4.69, 9.17) is 0 Å². The highest BCUT2D eigenvalue weighted by molar-refractivity contribution is 8.03. The van der Waals surface area contributed by atoms with Crippen molar-refractivity contribution in [3.63, 3.8) is 0 Å². The molecule has 1 aromatic rings. The zero-order valence-corrected chi connectivity index (χ0v) is 15.7. The van der Waals surface area contributed by atoms with Gasteiger partial charge in [-0.25, -0.2) is 0 Å². The predicted octanol–water partition coefficient (Wildman–Crippen LogP) is 5.14. The SMILES string of the molecule is C/C=C\C1=C(CC)Sc2ccccc2N1CC1CN2CCC1CC2. The van der Waals surface area contributed by atoms with Crippen LogP contribution in [0.15, 0.2) is 51.9 Å². The van der Waals surface area contributed by atoms with Crippen molar-refractivity contribution >= 4 is 17.4 Å². The van der Waals surface area contributed by atoms with Crippen LogP contribution in [0.3, 0.4) is 0 Å². The van der Waals surface area contributed by atoms with E-state index in [0.717, 1.165) is 18.3 Å². The van der Waals surface area contributed by atoms with Gasteiger partial charge in [0.15, 0.2) is 0 Å². The summed E-state index contributed by atoms with van der Waals surface area (Å²) >= 11 is 1.96. The molecule has 1 atom stereocenters. The fourth-order valence-corrected chi connectivity index (χ4v) is 5.67. The van der Waals surface area contributed by atoms with E-state index in [0.29, 0.717) is 0 Å². The lowest BCUT2D eigenvalue weighted by Crippen LogP contribution is -2.51. The van der Waals surface area contributed by atoms with Gasteiger partial charge in [-0.15, -0.1) is 0 Å². The molecule has 0 radical (unpaired) electrons. The smallest absolute Gasteiger partial charge is 0.0552 e. The predicted molar refractivity (Wildman–Crippen MR) is 104 cm³/mol. The Kier molecular flexibility index (Phi) is 4.73. The molecule has 0 aromatic heterocycles. The molecule has 0 N–H and O–H groups in total. The molecule has 5 rings (SSSR count). The molecule has 4 heterocycles. The summed E-state index contributed by atoms with van der Waals surface area (Å²) in [5.41, 5.74) is 2.84. The molecule has 0 amide bonds. The molecular formula is C21H28N2S. The van der Waals surface area contributed by atoms with Gasteiger partial charge < -0.3 is 9.80 Å². The summed E-state index contributed by atoms with van der Waals surface area (Å²) in [4.78, 5) is 8.23. The standard InChI is InChI=1S/C21H28N2S/c1-3-7-18-20(4-2)24-21-9-6-5-8-19(21)23(18)15-17-14-22-12-10-16(17)11-13-22/h3,5-9,16-17H,4,10-15H2,1-2H3/b7-3-. The fraction of sp³-hybridized carbons (Fsp3) is 0.524.